The number of nitrogens with zero attached hydrogens (tertiary/aromatic N) is 2. The summed E-state index contributed by atoms with van der Waals surface area (Å²) in [6.45, 7) is 0. The van der Waals surface area contributed by atoms with Crippen LogP contribution in [0.2, 0.25) is 0 Å². The molecule has 11 heavy (non-hydrogen) atoms. The summed E-state index contributed by atoms with van der Waals surface area (Å²) < 4.78 is 0. The lowest BCUT2D eigenvalue weighted by molar-refractivity contribution is -0.121. The van der Waals surface area contributed by atoms with E-state index in [2.05, 4.69) is 20.6 Å². The second-order valence-electron chi connectivity index (χ2n) is 2.25. The molecule has 0 aromatic heterocycles. The minimum Gasteiger partial charge on any atom is -0.361 e. The first-order valence-electron chi connectivity index (χ1n) is 3.09. The SMILES string of the molecule is O=C1NC(Cl)=N[C@H]2N=CN[C@H]12. The average Bonchev–Trinajstić information content (AvgIpc) is 2.34. The van der Waals surface area contributed by atoms with Crippen molar-refractivity contribution < 1.29 is 4.79 Å². The standard InChI is InChI=1S/C5H5ClN4O/c6-5-9-3-2(4(11)10-5)7-1-8-3/h1-3H,(H,7,8)(H,9,10,11)/t2-,3+/m0/s1. The lowest BCUT2D eigenvalue weighted by Gasteiger charge is -2.19. The number of rotatable bonds is 0. The Hall–Kier alpha value is -1.10. The van der Waals surface area contributed by atoms with Gasteiger partial charge in [-0.25, -0.2) is 9.98 Å². The molecule has 2 rings (SSSR count). The summed E-state index contributed by atoms with van der Waals surface area (Å²) in [5.74, 6) is -0.187. The lowest BCUT2D eigenvalue weighted by Crippen LogP contribution is -2.51. The molecule has 0 bridgehead atoms. The van der Waals surface area contributed by atoms with Crippen LogP contribution in [0, 0.1) is 0 Å². The monoisotopic (exact) mass is 172 g/mol. The second kappa shape index (κ2) is 2.20. The highest BCUT2D eigenvalue weighted by molar-refractivity contribution is 6.66. The topological polar surface area (TPSA) is 65.8 Å². The zero-order chi connectivity index (χ0) is 7.84. The Bertz CT molecular complexity index is 261. The molecule has 6 heteroatoms. The van der Waals surface area contributed by atoms with Gasteiger partial charge in [0.2, 0.25) is 0 Å². The van der Waals surface area contributed by atoms with Crippen molar-refractivity contribution in [2.45, 2.75) is 12.2 Å². The molecule has 0 saturated carbocycles. The number of fused-ring (bicyclic) bond motifs is 1. The molecular weight excluding hydrogens is 168 g/mol. The van der Waals surface area contributed by atoms with E-state index in [-0.39, 0.29) is 23.4 Å². The number of amidine groups is 1. The van der Waals surface area contributed by atoms with Gasteiger partial charge in [-0.15, -0.1) is 0 Å². The second-order valence-corrected chi connectivity index (χ2v) is 2.60. The van der Waals surface area contributed by atoms with Crippen LogP contribution in [0.5, 0.6) is 0 Å². The molecule has 2 aliphatic heterocycles. The molecule has 0 radical (unpaired) electrons. The zero-order valence-corrected chi connectivity index (χ0v) is 6.17. The van der Waals surface area contributed by atoms with Crippen LogP contribution < -0.4 is 10.6 Å². The maximum Gasteiger partial charge on any atom is 0.253 e. The zero-order valence-electron chi connectivity index (χ0n) is 5.41. The number of carbonyl (C=O) groups is 1. The lowest BCUT2D eigenvalue weighted by atomic mass is 10.2. The summed E-state index contributed by atoms with van der Waals surface area (Å²) in [7, 11) is 0. The summed E-state index contributed by atoms with van der Waals surface area (Å²) >= 11 is 5.49. The number of nitrogens with one attached hydrogen (secondary N) is 2. The quantitative estimate of drug-likeness (QED) is 0.462. The largest absolute Gasteiger partial charge is 0.361 e. The summed E-state index contributed by atoms with van der Waals surface area (Å²) in [6.07, 6.45) is 1.09. The molecule has 0 saturated heterocycles. The summed E-state index contributed by atoms with van der Waals surface area (Å²) in [6, 6.07) is -0.377. The fraction of sp³-hybridized carbons (Fsp3) is 0.400. The highest BCUT2D eigenvalue weighted by Crippen LogP contribution is 2.10. The predicted molar refractivity (Wildman–Crippen MR) is 40.6 cm³/mol. The van der Waals surface area contributed by atoms with Gasteiger partial charge in [0.1, 0.15) is 6.04 Å². The van der Waals surface area contributed by atoms with E-state index in [1.54, 1.807) is 0 Å². The van der Waals surface area contributed by atoms with E-state index >= 15 is 0 Å². The van der Waals surface area contributed by atoms with E-state index < -0.39 is 0 Å². The van der Waals surface area contributed by atoms with E-state index in [1.807, 2.05) is 0 Å². The summed E-state index contributed by atoms with van der Waals surface area (Å²) in [5, 5.41) is 5.25. The number of hydrogen-bond donors (Lipinski definition) is 2. The van der Waals surface area contributed by atoms with Gasteiger partial charge in [0, 0.05) is 0 Å². The Morgan fingerprint density at radius 1 is 1.64 bits per heavy atom. The number of carbonyl (C=O) groups excluding carboxylic acids is 1. The van der Waals surface area contributed by atoms with Crippen molar-refractivity contribution in [2.75, 3.05) is 0 Å². The van der Waals surface area contributed by atoms with E-state index in [9.17, 15) is 4.79 Å². The maximum absolute atomic E-state index is 11.1. The van der Waals surface area contributed by atoms with Gasteiger partial charge >= 0.3 is 0 Å². The van der Waals surface area contributed by atoms with Crippen molar-refractivity contribution in [3.63, 3.8) is 0 Å². The first-order chi connectivity index (χ1) is 5.27. The first kappa shape index (κ1) is 6.60. The molecule has 2 atom stereocenters. The van der Waals surface area contributed by atoms with Crippen LogP contribution in [0.25, 0.3) is 0 Å². The Morgan fingerprint density at radius 2 is 2.45 bits per heavy atom. The van der Waals surface area contributed by atoms with Gasteiger partial charge in [-0.05, 0) is 11.6 Å². The van der Waals surface area contributed by atoms with Gasteiger partial charge in [-0.3, -0.25) is 10.1 Å². The van der Waals surface area contributed by atoms with Crippen molar-refractivity contribution in [2.24, 2.45) is 9.98 Å². The highest BCUT2D eigenvalue weighted by Gasteiger charge is 2.34. The van der Waals surface area contributed by atoms with Crippen molar-refractivity contribution >= 4 is 29.1 Å². The molecule has 5 nitrogen and oxygen atoms in total. The Morgan fingerprint density at radius 3 is 3.27 bits per heavy atom. The van der Waals surface area contributed by atoms with Gasteiger partial charge in [0.05, 0.1) is 6.34 Å². The minimum atomic E-state index is -0.378. The normalized spacial score (nSPS) is 33.9. The van der Waals surface area contributed by atoms with Gasteiger partial charge in [0.25, 0.3) is 5.91 Å². The average molecular weight is 173 g/mol. The van der Waals surface area contributed by atoms with E-state index in [0.717, 1.165) is 0 Å². The van der Waals surface area contributed by atoms with Gasteiger partial charge in [0.15, 0.2) is 11.5 Å². The molecule has 2 aliphatic rings. The molecule has 1 amide bonds. The van der Waals surface area contributed by atoms with Gasteiger partial charge < -0.3 is 5.32 Å². The van der Waals surface area contributed by atoms with Crippen molar-refractivity contribution in [3.8, 4) is 0 Å². The van der Waals surface area contributed by atoms with Gasteiger partial charge in [-0.1, -0.05) is 0 Å². The summed E-state index contributed by atoms with van der Waals surface area (Å²) in [5.41, 5.74) is 0. The third-order valence-corrected chi connectivity index (χ3v) is 1.73. The molecule has 0 unspecified atom stereocenters. The molecule has 2 heterocycles. The van der Waals surface area contributed by atoms with Crippen LogP contribution in [0.4, 0.5) is 0 Å². The van der Waals surface area contributed by atoms with Crippen LogP contribution in [-0.4, -0.2) is 29.7 Å². The smallest absolute Gasteiger partial charge is 0.253 e. The third kappa shape index (κ3) is 0.970. The Kier molecular flexibility index (Phi) is 1.32. The van der Waals surface area contributed by atoms with E-state index in [4.69, 9.17) is 11.6 Å². The van der Waals surface area contributed by atoms with Crippen molar-refractivity contribution in [3.05, 3.63) is 0 Å². The third-order valence-electron chi connectivity index (χ3n) is 1.53. The van der Waals surface area contributed by atoms with E-state index in [1.165, 1.54) is 6.34 Å². The molecule has 0 fully saturated rings. The number of aliphatic imine (C=N–C) groups is 2. The van der Waals surface area contributed by atoms with Crippen LogP contribution in [0.15, 0.2) is 9.98 Å². The maximum atomic E-state index is 11.1. The predicted octanol–water partition coefficient (Wildman–Crippen LogP) is -0.963. The number of hydrogen-bond acceptors (Lipinski definition) is 4. The molecule has 0 aromatic rings. The van der Waals surface area contributed by atoms with Gasteiger partial charge in [-0.2, -0.15) is 0 Å². The van der Waals surface area contributed by atoms with E-state index in [0.29, 0.717) is 0 Å². The number of halogens is 1. The first-order valence-corrected chi connectivity index (χ1v) is 3.47. The molecule has 0 spiro atoms. The van der Waals surface area contributed by atoms with Crippen molar-refractivity contribution in [1.82, 2.24) is 10.6 Å². The van der Waals surface area contributed by atoms with Crippen LogP contribution in [0.3, 0.4) is 0 Å². The molecule has 58 valence electrons. The van der Waals surface area contributed by atoms with Crippen LogP contribution in [-0.2, 0) is 4.79 Å². The fourth-order valence-electron chi connectivity index (χ4n) is 1.02. The van der Waals surface area contributed by atoms with Crippen LogP contribution in [0.1, 0.15) is 0 Å². The minimum absolute atomic E-state index is 0.108. The number of amides is 1. The molecular formula is C5H5ClN4O. The van der Waals surface area contributed by atoms with Crippen LogP contribution >= 0.6 is 11.6 Å². The molecule has 0 aromatic carbocycles. The molecule has 0 aliphatic carbocycles. The Balaban J connectivity index is 2.30. The Labute approximate surface area is 67.5 Å². The summed E-state index contributed by atoms with van der Waals surface area (Å²) in [4.78, 5) is 18.8. The fourth-order valence-corrected chi connectivity index (χ4v) is 1.21. The van der Waals surface area contributed by atoms with Crippen molar-refractivity contribution in [1.29, 1.82) is 0 Å². The molecule has 2 N–H and O–H groups in total. The highest BCUT2D eigenvalue weighted by atomic mass is 35.5.